The molecule has 1 N–H and O–H groups in total. The molecule has 0 atom stereocenters. The zero-order valence-corrected chi connectivity index (χ0v) is 6.82. The molecule has 12 heavy (non-hydrogen) atoms. The van der Waals surface area contributed by atoms with E-state index in [-0.39, 0.29) is 0 Å². The number of carboxylic acids is 1. The molecular weight excluding hydrogens is 152 g/mol. The lowest BCUT2D eigenvalue weighted by Crippen LogP contribution is -1.78. The number of hydrogen-bond donors (Lipinski definition) is 1. The number of hydrogen-bond acceptors (Lipinski definition) is 1. The van der Waals surface area contributed by atoms with Gasteiger partial charge in [-0.25, -0.2) is 0 Å². The van der Waals surface area contributed by atoms with Crippen LogP contribution in [0.2, 0.25) is 0 Å². The van der Waals surface area contributed by atoms with E-state index < -0.39 is 5.97 Å². The van der Waals surface area contributed by atoms with Gasteiger partial charge in [0.25, 0.3) is 5.97 Å². The van der Waals surface area contributed by atoms with Gasteiger partial charge in [-0.2, -0.15) is 0 Å². The average Bonchev–Trinajstić information content (AvgIpc) is 2.05. The van der Waals surface area contributed by atoms with Gasteiger partial charge >= 0.3 is 0 Å². The number of terminal acetylenes is 1. The van der Waals surface area contributed by atoms with Gasteiger partial charge in [-0.1, -0.05) is 24.1 Å². The fraction of sp³-hybridized carbons (Fsp3) is 0.100. The third-order valence-electron chi connectivity index (χ3n) is 0.940. The third kappa shape index (κ3) is 6.37. The molecule has 0 saturated heterocycles. The molecule has 0 saturated carbocycles. The molecule has 2 nitrogen and oxygen atoms in total. The summed E-state index contributed by atoms with van der Waals surface area (Å²) in [5.74, 6) is 1.69. The van der Waals surface area contributed by atoms with E-state index >= 15 is 0 Å². The zero-order valence-electron chi connectivity index (χ0n) is 6.82. The highest BCUT2D eigenvalue weighted by Gasteiger charge is 1.76. The number of carbonyl (C=O) groups is 1. The topological polar surface area (TPSA) is 37.3 Å². The average molecular weight is 162 g/mol. The first-order valence-corrected chi connectivity index (χ1v) is 3.38. The molecule has 0 aliphatic heterocycles. The van der Waals surface area contributed by atoms with Crippen molar-refractivity contribution in [2.24, 2.45) is 0 Å². The van der Waals surface area contributed by atoms with E-state index in [1.807, 2.05) is 30.3 Å². The fourth-order valence-electron chi connectivity index (χ4n) is 0.534. The summed E-state index contributed by atoms with van der Waals surface area (Å²) in [6, 6.07) is 9.60. The van der Waals surface area contributed by atoms with Crippen molar-refractivity contribution in [3.8, 4) is 12.3 Å². The molecule has 0 fully saturated rings. The number of aliphatic carboxylic acids is 1. The first-order valence-electron chi connectivity index (χ1n) is 3.38. The normalized spacial score (nSPS) is 7.33. The number of benzene rings is 1. The molecule has 1 rings (SSSR count). The van der Waals surface area contributed by atoms with Gasteiger partial charge in [0.15, 0.2) is 0 Å². The van der Waals surface area contributed by atoms with Crippen molar-refractivity contribution in [3.05, 3.63) is 35.9 Å². The summed E-state index contributed by atoms with van der Waals surface area (Å²) >= 11 is 0. The van der Waals surface area contributed by atoms with E-state index in [9.17, 15) is 0 Å². The van der Waals surface area contributed by atoms with Crippen LogP contribution < -0.4 is 0 Å². The van der Waals surface area contributed by atoms with E-state index in [1.54, 1.807) is 0 Å². The van der Waals surface area contributed by atoms with E-state index in [0.717, 1.165) is 12.5 Å². The molecule has 62 valence electrons. The molecule has 0 spiro atoms. The van der Waals surface area contributed by atoms with Crippen LogP contribution in [-0.2, 0) is 4.79 Å². The Morgan fingerprint density at radius 1 is 1.42 bits per heavy atom. The number of rotatable bonds is 0. The molecule has 0 heterocycles. The highest BCUT2D eigenvalue weighted by Crippen LogP contribution is 1.92. The minimum Gasteiger partial charge on any atom is -0.481 e. The van der Waals surface area contributed by atoms with Crippen molar-refractivity contribution in [1.29, 1.82) is 0 Å². The Hall–Kier alpha value is -1.75. The monoisotopic (exact) mass is 162 g/mol. The van der Waals surface area contributed by atoms with Crippen molar-refractivity contribution in [3.63, 3.8) is 0 Å². The molecule has 0 radical (unpaired) electrons. The van der Waals surface area contributed by atoms with E-state index in [2.05, 4.69) is 5.92 Å². The summed E-state index contributed by atoms with van der Waals surface area (Å²) in [7, 11) is 0. The Morgan fingerprint density at radius 3 is 2.08 bits per heavy atom. The fourth-order valence-corrected chi connectivity index (χ4v) is 0.534. The molecule has 0 bridgehead atoms. The van der Waals surface area contributed by atoms with Gasteiger partial charge in [0.05, 0.1) is 0 Å². The second-order valence-corrected chi connectivity index (χ2v) is 2.03. The van der Waals surface area contributed by atoms with Crippen LogP contribution in [0.25, 0.3) is 0 Å². The van der Waals surface area contributed by atoms with Crippen LogP contribution in [0.4, 0.5) is 0 Å². The number of carboxylic acid groups (broad SMARTS) is 1. The van der Waals surface area contributed by atoms with Gasteiger partial charge in [-0.15, -0.1) is 6.42 Å². The summed E-state index contributed by atoms with van der Waals surface area (Å²) in [4.78, 5) is 9.00. The zero-order chi connectivity index (χ0) is 9.40. The van der Waals surface area contributed by atoms with E-state index in [1.165, 1.54) is 0 Å². The minimum atomic E-state index is -0.833. The molecule has 0 aromatic heterocycles. The molecule has 2 heteroatoms. The minimum absolute atomic E-state index is 0.833. The van der Waals surface area contributed by atoms with Crippen molar-refractivity contribution >= 4 is 5.97 Å². The van der Waals surface area contributed by atoms with Crippen LogP contribution in [-0.4, -0.2) is 11.1 Å². The second kappa shape index (κ2) is 5.99. The first-order chi connectivity index (χ1) is 5.66. The maximum Gasteiger partial charge on any atom is 0.300 e. The summed E-state index contributed by atoms with van der Waals surface area (Å²) < 4.78 is 0. The van der Waals surface area contributed by atoms with Gasteiger partial charge < -0.3 is 5.11 Å². The highest BCUT2D eigenvalue weighted by atomic mass is 16.4. The lowest BCUT2D eigenvalue weighted by molar-refractivity contribution is -0.134. The van der Waals surface area contributed by atoms with Crippen LogP contribution >= 0.6 is 0 Å². The van der Waals surface area contributed by atoms with Crippen LogP contribution in [0.1, 0.15) is 12.5 Å². The van der Waals surface area contributed by atoms with Crippen LogP contribution in [0.15, 0.2) is 30.3 Å². The van der Waals surface area contributed by atoms with Gasteiger partial charge in [-0.3, -0.25) is 4.79 Å². The largest absolute Gasteiger partial charge is 0.481 e. The Morgan fingerprint density at radius 2 is 1.83 bits per heavy atom. The highest BCUT2D eigenvalue weighted by molar-refractivity contribution is 5.62. The Labute approximate surface area is 71.9 Å². The Bertz CT molecular complexity index is 266. The van der Waals surface area contributed by atoms with Crippen molar-refractivity contribution in [1.82, 2.24) is 0 Å². The molecule has 0 unspecified atom stereocenters. The molecule has 0 aliphatic rings. The smallest absolute Gasteiger partial charge is 0.300 e. The van der Waals surface area contributed by atoms with E-state index in [0.29, 0.717) is 0 Å². The molecule has 1 aromatic rings. The van der Waals surface area contributed by atoms with Gasteiger partial charge in [0.2, 0.25) is 0 Å². The van der Waals surface area contributed by atoms with Crippen LogP contribution in [0.5, 0.6) is 0 Å². The van der Waals surface area contributed by atoms with Gasteiger partial charge in [-0.05, 0) is 12.1 Å². The van der Waals surface area contributed by atoms with Crippen molar-refractivity contribution < 1.29 is 9.90 Å². The predicted octanol–water partition coefficient (Wildman–Crippen LogP) is 1.76. The predicted molar refractivity (Wildman–Crippen MR) is 47.7 cm³/mol. The van der Waals surface area contributed by atoms with E-state index in [4.69, 9.17) is 16.3 Å². The summed E-state index contributed by atoms with van der Waals surface area (Å²) in [5, 5.41) is 7.42. The maximum atomic E-state index is 9.00. The van der Waals surface area contributed by atoms with Crippen LogP contribution in [0.3, 0.4) is 0 Å². The van der Waals surface area contributed by atoms with Crippen LogP contribution in [0, 0.1) is 12.3 Å². The lowest BCUT2D eigenvalue weighted by atomic mass is 10.2. The van der Waals surface area contributed by atoms with Gasteiger partial charge in [0, 0.05) is 12.5 Å². The first kappa shape index (κ1) is 10.2. The lowest BCUT2D eigenvalue weighted by Gasteiger charge is -1.82. The summed E-state index contributed by atoms with van der Waals surface area (Å²) in [6.45, 7) is 1.08. The molecular formula is C10H10O2. The standard InChI is InChI=1S/C8H6.C2H4O2/c1-2-8-6-4-3-5-7-8;1-2(3)4/h1,3-7H;1H3,(H,3,4). The Kier molecular flexibility index (Phi) is 5.12. The quantitative estimate of drug-likeness (QED) is 0.590. The second-order valence-electron chi connectivity index (χ2n) is 2.03. The SMILES string of the molecule is C#Cc1ccccc1.CC(=O)O. The summed E-state index contributed by atoms with van der Waals surface area (Å²) in [6.07, 6.45) is 5.10. The maximum absolute atomic E-state index is 9.00. The Balaban J connectivity index is 0.000000261. The van der Waals surface area contributed by atoms with Gasteiger partial charge in [0.1, 0.15) is 0 Å². The van der Waals surface area contributed by atoms with Crippen molar-refractivity contribution in [2.75, 3.05) is 0 Å². The molecule has 0 aliphatic carbocycles. The molecule has 1 aromatic carbocycles. The van der Waals surface area contributed by atoms with Crippen molar-refractivity contribution in [2.45, 2.75) is 6.92 Å². The summed E-state index contributed by atoms with van der Waals surface area (Å²) in [5.41, 5.74) is 0.938. The third-order valence-corrected chi connectivity index (χ3v) is 0.940. The molecule has 0 amide bonds.